The molecule has 0 unspecified atom stereocenters. The predicted octanol–water partition coefficient (Wildman–Crippen LogP) is 1.35. The molecule has 0 atom stereocenters. The van der Waals surface area contributed by atoms with Gasteiger partial charge in [-0.15, -0.1) is 0 Å². The van der Waals surface area contributed by atoms with E-state index >= 15 is 0 Å². The van der Waals surface area contributed by atoms with Gasteiger partial charge >= 0.3 is 0 Å². The van der Waals surface area contributed by atoms with Crippen LogP contribution >= 0.6 is 11.6 Å². The first-order valence-electron chi connectivity index (χ1n) is 4.52. The van der Waals surface area contributed by atoms with Crippen molar-refractivity contribution in [2.45, 2.75) is 13.3 Å². The molecule has 0 aliphatic carbocycles. The standard InChI is InChI=1S/C10H9ClN2O2/c1-6-2-7(4-12-10(6)11)13-5-8(14)3-9(13)15/h2,4H,3,5H2,1H3. The quantitative estimate of drug-likeness (QED) is 0.535. The van der Waals surface area contributed by atoms with E-state index in [4.69, 9.17) is 11.6 Å². The number of aryl methyl sites for hydroxylation is 1. The molecule has 0 N–H and O–H groups in total. The molecule has 0 aromatic carbocycles. The molecule has 1 fully saturated rings. The lowest BCUT2D eigenvalue weighted by atomic mass is 10.3. The SMILES string of the molecule is Cc1cc(N2CC(=O)CC2=O)cnc1Cl. The zero-order chi connectivity index (χ0) is 11.0. The molecule has 5 heteroatoms. The van der Waals surface area contributed by atoms with E-state index in [2.05, 4.69) is 4.98 Å². The summed E-state index contributed by atoms with van der Waals surface area (Å²) >= 11 is 5.77. The number of amides is 1. The highest BCUT2D eigenvalue weighted by Crippen LogP contribution is 2.22. The summed E-state index contributed by atoms with van der Waals surface area (Å²) in [6.45, 7) is 1.95. The first-order chi connectivity index (χ1) is 7.08. The summed E-state index contributed by atoms with van der Waals surface area (Å²) in [6, 6.07) is 1.76. The highest BCUT2D eigenvalue weighted by Gasteiger charge is 2.28. The normalized spacial score (nSPS) is 16.3. The number of rotatable bonds is 1. The van der Waals surface area contributed by atoms with Gasteiger partial charge in [0.25, 0.3) is 0 Å². The van der Waals surface area contributed by atoms with E-state index in [1.807, 2.05) is 0 Å². The molecule has 4 nitrogen and oxygen atoms in total. The smallest absolute Gasteiger partial charge is 0.234 e. The molecule has 1 aromatic heterocycles. The van der Waals surface area contributed by atoms with Gasteiger partial charge in [0.1, 0.15) is 5.15 Å². The third-order valence-corrected chi connectivity index (χ3v) is 2.69. The number of hydrogen-bond donors (Lipinski definition) is 0. The first-order valence-corrected chi connectivity index (χ1v) is 4.90. The molecular formula is C10H9ClN2O2. The summed E-state index contributed by atoms with van der Waals surface area (Å²) in [5, 5.41) is 0.414. The monoisotopic (exact) mass is 224 g/mol. The van der Waals surface area contributed by atoms with Crippen molar-refractivity contribution < 1.29 is 9.59 Å². The minimum atomic E-state index is -0.177. The highest BCUT2D eigenvalue weighted by atomic mass is 35.5. The molecule has 2 rings (SSSR count). The molecule has 15 heavy (non-hydrogen) atoms. The Kier molecular flexibility index (Phi) is 2.44. The van der Waals surface area contributed by atoms with E-state index in [1.165, 1.54) is 11.1 Å². The Hall–Kier alpha value is -1.42. The maximum absolute atomic E-state index is 11.4. The van der Waals surface area contributed by atoms with Gasteiger partial charge in [0.2, 0.25) is 5.91 Å². The van der Waals surface area contributed by atoms with E-state index in [1.54, 1.807) is 13.0 Å². The second-order valence-corrected chi connectivity index (χ2v) is 3.85. The third kappa shape index (κ3) is 1.85. The van der Waals surface area contributed by atoms with Crippen molar-refractivity contribution in [3.05, 3.63) is 23.0 Å². The molecule has 0 saturated carbocycles. The largest absolute Gasteiger partial charge is 0.303 e. The molecule has 78 valence electrons. The molecule has 1 amide bonds. The molecular weight excluding hydrogens is 216 g/mol. The average Bonchev–Trinajstić information content (AvgIpc) is 2.50. The molecule has 1 saturated heterocycles. The van der Waals surface area contributed by atoms with E-state index in [9.17, 15) is 9.59 Å². The van der Waals surface area contributed by atoms with Crippen molar-refractivity contribution in [3.8, 4) is 0 Å². The van der Waals surface area contributed by atoms with Crippen LogP contribution in [0.25, 0.3) is 0 Å². The van der Waals surface area contributed by atoms with Crippen LogP contribution in [-0.2, 0) is 9.59 Å². The van der Waals surface area contributed by atoms with Crippen molar-refractivity contribution in [1.29, 1.82) is 0 Å². The molecule has 2 heterocycles. The minimum Gasteiger partial charge on any atom is -0.303 e. The summed E-state index contributed by atoms with van der Waals surface area (Å²) in [7, 11) is 0. The number of halogens is 1. The summed E-state index contributed by atoms with van der Waals surface area (Å²) in [5.74, 6) is -0.240. The van der Waals surface area contributed by atoms with Gasteiger partial charge in [0.15, 0.2) is 5.78 Å². The van der Waals surface area contributed by atoms with E-state index in [0.29, 0.717) is 10.8 Å². The number of aromatic nitrogens is 1. The fourth-order valence-electron chi connectivity index (χ4n) is 1.51. The van der Waals surface area contributed by atoms with Crippen LogP contribution in [0.2, 0.25) is 5.15 Å². The van der Waals surface area contributed by atoms with Gasteiger partial charge in [-0.3, -0.25) is 9.59 Å². The van der Waals surface area contributed by atoms with Gasteiger partial charge in [-0.1, -0.05) is 11.6 Å². The van der Waals surface area contributed by atoms with Gasteiger partial charge in [-0.25, -0.2) is 4.98 Å². The number of hydrogen-bond acceptors (Lipinski definition) is 3. The number of nitrogens with zero attached hydrogens (tertiary/aromatic N) is 2. The molecule has 1 aliphatic heterocycles. The van der Waals surface area contributed by atoms with Crippen molar-refractivity contribution in [2.75, 3.05) is 11.4 Å². The first kappa shape index (κ1) is 10.1. The number of ketones is 1. The zero-order valence-corrected chi connectivity index (χ0v) is 8.91. The Bertz CT molecular complexity index is 445. The summed E-state index contributed by atoms with van der Waals surface area (Å²) < 4.78 is 0. The number of pyridine rings is 1. The number of carbonyl (C=O) groups is 2. The molecule has 0 spiro atoms. The van der Waals surface area contributed by atoms with Crippen LogP contribution in [0.3, 0.4) is 0 Å². The molecule has 1 aromatic rings. The summed E-state index contributed by atoms with van der Waals surface area (Å²) in [6.07, 6.45) is 1.49. The van der Waals surface area contributed by atoms with E-state index in [0.717, 1.165) is 5.56 Å². The van der Waals surface area contributed by atoms with Crippen LogP contribution in [0.4, 0.5) is 5.69 Å². The van der Waals surface area contributed by atoms with Crippen molar-refractivity contribution in [2.24, 2.45) is 0 Å². The van der Waals surface area contributed by atoms with E-state index < -0.39 is 0 Å². The van der Waals surface area contributed by atoms with Crippen molar-refractivity contribution in [1.82, 2.24) is 4.98 Å². The topological polar surface area (TPSA) is 50.3 Å². The summed E-state index contributed by atoms with van der Waals surface area (Å²) in [5.41, 5.74) is 1.43. The van der Waals surface area contributed by atoms with Crippen LogP contribution in [0.15, 0.2) is 12.3 Å². The Morgan fingerprint density at radius 1 is 1.47 bits per heavy atom. The van der Waals surface area contributed by atoms with Crippen molar-refractivity contribution >= 4 is 29.0 Å². The second kappa shape index (κ2) is 3.62. The fraction of sp³-hybridized carbons (Fsp3) is 0.300. The minimum absolute atomic E-state index is 0.0122. The maximum Gasteiger partial charge on any atom is 0.234 e. The second-order valence-electron chi connectivity index (χ2n) is 3.50. The van der Waals surface area contributed by atoms with Gasteiger partial charge in [0, 0.05) is 0 Å². The Labute approximate surface area is 91.9 Å². The third-order valence-electron chi connectivity index (χ3n) is 2.30. The number of carbonyl (C=O) groups excluding carboxylic acids is 2. The number of anilines is 1. The predicted molar refractivity (Wildman–Crippen MR) is 56.0 cm³/mol. The molecule has 0 radical (unpaired) electrons. The lowest BCUT2D eigenvalue weighted by molar-refractivity contribution is -0.121. The van der Waals surface area contributed by atoms with Crippen LogP contribution in [0.1, 0.15) is 12.0 Å². The summed E-state index contributed by atoms with van der Waals surface area (Å²) in [4.78, 5) is 27.9. The molecule has 0 bridgehead atoms. The lowest BCUT2D eigenvalue weighted by Gasteiger charge is -2.14. The Morgan fingerprint density at radius 2 is 2.20 bits per heavy atom. The van der Waals surface area contributed by atoms with Crippen LogP contribution < -0.4 is 4.90 Å². The lowest BCUT2D eigenvalue weighted by Crippen LogP contribution is -2.24. The number of Topliss-reactive ketones (excluding diaryl/α,β-unsaturated/α-hetero) is 1. The van der Waals surface area contributed by atoms with Crippen LogP contribution in [0.5, 0.6) is 0 Å². The maximum atomic E-state index is 11.4. The van der Waals surface area contributed by atoms with Gasteiger partial charge in [-0.2, -0.15) is 0 Å². The van der Waals surface area contributed by atoms with Crippen LogP contribution in [0, 0.1) is 6.92 Å². The average molecular weight is 225 g/mol. The van der Waals surface area contributed by atoms with Crippen molar-refractivity contribution in [3.63, 3.8) is 0 Å². The van der Waals surface area contributed by atoms with Gasteiger partial charge in [0.05, 0.1) is 24.8 Å². The highest BCUT2D eigenvalue weighted by molar-refractivity contribution is 6.30. The van der Waals surface area contributed by atoms with E-state index in [-0.39, 0.29) is 24.7 Å². The zero-order valence-electron chi connectivity index (χ0n) is 8.16. The Balaban J connectivity index is 2.34. The van der Waals surface area contributed by atoms with Crippen LogP contribution in [-0.4, -0.2) is 23.2 Å². The van der Waals surface area contributed by atoms with Gasteiger partial charge in [-0.05, 0) is 18.6 Å². The molecule has 1 aliphatic rings. The van der Waals surface area contributed by atoms with Gasteiger partial charge < -0.3 is 4.90 Å². The fourth-order valence-corrected chi connectivity index (χ4v) is 1.61. The Morgan fingerprint density at radius 3 is 2.73 bits per heavy atom.